The fourth-order valence-electron chi connectivity index (χ4n) is 2.77. The molecule has 1 saturated carbocycles. The Hall–Kier alpha value is -1.23. The first-order chi connectivity index (χ1) is 9.95. The second kappa shape index (κ2) is 6.69. The molecule has 1 N–H and O–H groups in total. The van der Waals surface area contributed by atoms with Crippen LogP contribution in [0.2, 0.25) is 0 Å². The molecule has 0 unspecified atom stereocenters. The Morgan fingerprint density at radius 2 is 2.00 bits per heavy atom. The summed E-state index contributed by atoms with van der Waals surface area (Å²) in [6, 6.07) is 4.71. The molecule has 2 nitrogen and oxygen atoms in total. The first-order valence-electron chi connectivity index (χ1n) is 7.55. The maximum atomic E-state index is 13.2. The number of nitrogens with one attached hydrogen (secondary N) is 1. The van der Waals surface area contributed by atoms with Crippen molar-refractivity contribution in [2.75, 3.05) is 25.0 Å². The highest BCUT2D eigenvalue weighted by Crippen LogP contribution is 2.35. The molecule has 0 atom stereocenters. The zero-order valence-corrected chi connectivity index (χ0v) is 12.6. The van der Waals surface area contributed by atoms with Gasteiger partial charge < -0.3 is 10.2 Å². The number of benzene rings is 1. The number of hydrogen-bond acceptors (Lipinski definition) is 2. The lowest BCUT2D eigenvalue weighted by Gasteiger charge is -2.33. The molecule has 1 fully saturated rings. The highest BCUT2D eigenvalue weighted by Gasteiger charge is 2.34. The van der Waals surface area contributed by atoms with Gasteiger partial charge in [0.15, 0.2) is 0 Å². The quantitative estimate of drug-likeness (QED) is 0.852. The van der Waals surface area contributed by atoms with E-state index in [-0.39, 0.29) is 6.54 Å². The molecule has 1 aliphatic carbocycles. The van der Waals surface area contributed by atoms with Crippen LogP contribution >= 0.6 is 0 Å². The van der Waals surface area contributed by atoms with Gasteiger partial charge in [-0.3, -0.25) is 0 Å². The number of halogens is 3. The van der Waals surface area contributed by atoms with Crippen LogP contribution in [0, 0.1) is 5.92 Å². The minimum Gasteiger partial charge on any atom is -0.372 e. The van der Waals surface area contributed by atoms with E-state index in [0.29, 0.717) is 17.2 Å². The number of anilines is 1. The topological polar surface area (TPSA) is 15.3 Å². The summed E-state index contributed by atoms with van der Waals surface area (Å²) in [4.78, 5) is 2.06. The van der Waals surface area contributed by atoms with E-state index in [9.17, 15) is 13.2 Å². The van der Waals surface area contributed by atoms with Crippen LogP contribution in [0.15, 0.2) is 18.2 Å². The third-order valence-corrected chi connectivity index (χ3v) is 4.22. The van der Waals surface area contributed by atoms with Gasteiger partial charge in [0.2, 0.25) is 0 Å². The molecule has 21 heavy (non-hydrogen) atoms. The molecule has 2 rings (SSSR count). The largest absolute Gasteiger partial charge is 0.416 e. The number of alkyl halides is 3. The van der Waals surface area contributed by atoms with Crippen LogP contribution in [0.3, 0.4) is 0 Å². The average molecular weight is 300 g/mol. The van der Waals surface area contributed by atoms with Gasteiger partial charge in [-0.15, -0.1) is 0 Å². The van der Waals surface area contributed by atoms with Gasteiger partial charge in [-0.2, -0.15) is 13.2 Å². The van der Waals surface area contributed by atoms with Crippen LogP contribution in [-0.4, -0.2) is 20.1 Å². The molecule has 5 heteroatoms. The predicted octanol–water partition coefficient (Wildman–Crippen LogP) is 4.05. The van der Waals surface area contributed by atoms with E-state index in [2.05, 4.69) is 10.2 Å². The fraction of sp³-hybridized carbons (Fsp3) is 0.625. The van der Waals surface area contributed by atoms with Crippen molar-refractivity contribution in [2.45, 2.75) is 38.9 Å². The Labute approximate surface area is 124 Å². The highest BCUT2D eigenvalue weighted by molar-refractivity contribution is 5.52. The molecular weight excluding hydrogens is 277 g/mol. The number of hydrogen-bond donors (Lipinski definition) is 1. The first kappa shape index (κ1) is 16.1. The molecule has 1 aromatic rings. The van der Waals surface area contributed by atoms with Gasteiger partial charge in [-0.05, 0) is 50.4 Å². The van der Waals surface area contributed by atoms with Gasteiger partial charge in [-0.1, -0.05) is 12.5 Å². The normalized spacial score (nSPS) is 15.9. The molecule has 1 aromatic carbocycles. The van der Waals surface area contributed by atoms with E-state index in [4.69, 9.17) is 0 Å². The van der Waals surface area contributed by atoms with Crippen LogP contribution < -0.4 is 10.2 Å². The van der Waals surface area contributed by atoms with E-state index < -0.39 is 11.7 Å². The third-order valence-electron chi connectivity index (χ3n) is 4.22. The van der Waals surface area contributed by atoms with Crippen molar-refractivity contribution in [3.8, 4) is 0 Å². The van der Waals surface area contributed by atoms with Gasteiger partial charge in [0.1, 0.15) is 0 Å². The zero-order chi connectivity index (χ0) is 15.5. The monoisotopic (exact) mass is 300 g/mol. The molecule has 0 saturated heterocycles. The molecule has 118 valence electrons. The number of nitrogens with zero attached hydrogens (tertiary/aromatic N) is 1. The summed E-state index contributed by atoms with van der Waals surface area (Å²) in [5.74, 6) is 0.635. The van der Waals surface area contributed by atoms with E-state index in [1.54, 1.807) is 13.1 Å². The molecule has 0 spiro atoms. The van der Waals surface area contributed by atoms with Crippen molar-refractivity contribution in [1.82, 2.24) is 5.32 Å². The summed E-state index contributed by atoms with van der Waals surface area (Å²) < 4.78 is 39.6. The van der Waals surface area contributed by atoms with E-state index in [1.165, 1.54) is 25.3 Å². The SMILES string of the molecule is CCN(CC1CCC1)c1ccc(CNC)c(C(F)(F)F)c1. The Kier molecular flexibility index (Phi) is 5.14. The Bertz CT molecular complexity index is 467. The summed E-state index contributed by atoms with van der Waals surface area (Å²) >= 11 is 0. The van der Waals surface area contributed by atoms with Crippen LogP contribution in [0.4, 0.5) is 18.9 Å². The van der Waals surface area contributed by atoms with Crippen LogP contribution in [0.5, 0.6) is 0 Å². The highest BCUT2D eigenvalue weighted by atomic mass is 19.4. The van der Waals surface area contributed by atoms with Crippen molar-refractivity contribution in [1.29, 1.82) is 0 Å². The van der Waals surface area contributed by atoms with Crippen molar-refractivity contribution in [2.24, 2.45) is 5.92 Å². The van der Waals surface area contributed by atoms with Gasteiger partial charge in [0, 0.05) is 25.3 Å². The van der Waals surface area contributed by atoms with Gasteiger partial charge in [0.05, 0.1) is 5.56 Å². The molecule has 0 bridgehead atoms. The molecule has 0 heterocycles. The maximum Gasteiger partial charge on any atom is 0.416 e. The molecule has 0 aliphatic heterocycles. The summed E-state index contributed by atoms with van der Waals surface area (Å²) in [5.41, 5.74) is 0.450. The first-order valence-corrected chi connectivity index (χ1v) is 7.55. The lowest BCUT2D eigenvalue weighted by molar-refractivity contribution is -0.138. The maximum absolute atomic E-state index is 13.2. The standard InChI is InChI=1S/C16H23F3N2/c1-3-21(11-12-5-4-6-12)14-8-7-13(10-20-2)15(9-14)16(17,18)19/h7-9,12,20H,3-6,10-11H2,1-2H3. The fourth-order valence-corrected chi connectivity index (χ4v) is 2.77. The van der Waals surface area contributed by atoms with Crippen molar-refractivity contribution < 1.29 is 13.2 Å². The van der Waals surface area contributed by atoms with Crippen LogP contribution in [0.1, 0.15) is 37.3 Å². The zero-order valence-electron chi connectivity index (χ0n) is 12.6. The molecule has 0 amide bonds. The minimum absolute atomic E-state index is 0.226. The lowest BCUT2D eigenvalue weighted by Crippen LogP contribution is -2.32. The van der Waals surface area contributed by atoms with Crippen molar-refractivity contribution in [3.63, 3.8) is 0 Å². The molecule has 1 aliphatic rings. The summed E-state index contributed by atoms with van der Waals surface area (Å²) in [6.07, 6.45) is -0.670. The van der Waals surface area contributed by atoms with Gasteiger partial charge >= 0.3 is 6.18 Å². The van der Waals surface area contributed by atoms with Crippen LogP contribution in [0.25, 0.3) is 0 Å². The summed E-state index contributed by atoms with van der Waals surface area (Å²) in [5, 5.41) is 2.80. The average Bonchev–Trinajstić information content (AvgIpc) is 2.38. The van der Waals surface area contributed by atoms with E-state index in [0.717, 1.165) is 13.1 Å². The van der Waals surface area contributed by atoms with E-state index in [1.807, 2.05) is 13.0 Å². The summed E-state index contributed by atoms with van der Waals surface area (Å²) in [6.45, 7) is 3.82. The van der Waals surface area contributed by atoms with Gasteiger partial charge in [0.25, 0.3) is 0 Å². The smallest absolute Gasteiger partial charge is 0.372 e. The molecular formula is C16H23F3N2. The Balaban J connectivity index is 2.26. The summed E-state index contributed by atoms with van der Waals surface area (Å²) in [7, 11) is 1.66. The Morgan fingerprint density at radius 1 is 1.29 bits per heavy atom. The lowest BCUT2D eigenvalue weighted by atomic mass is 9.85. The minimum atomic E-state index is -4.31. The van der Waals surface area contributed by atoms with Crippen LogP contribution in [-0.2, 0) is 12.7 Å². The third kappa shape index (κ3) is 3.90. The predicted molar refractivity (Wildman–Crippen MR) is 79.4 cm³/mol. The number of rotatable bonds is 6. The second-order valence-corrected chi connectivity index (χ2v) is 5.71. The second-order valence-electron chi connectivity index (χ2n) is 5.71. The molecule has 0 radical (unpaired) electrons. The van der Waals surface area contributed by atoms with Gasteiger partial charge in [-0.25, -0.2) is 0 Å². The molecule has 0 aromatic heterocycles. The van der Waals surface area contributed by atoms with E-state index >= 15 is 0 Å². The Morgan fingerprint density at radius 3 is 2.48 bits per heavy atom. The van der Waals surface area contributed by atoms with Crippen molar-refractivity contribution >= 4 is 5.69 Å². The van der Waals surface area contributed by atoms with Crippen molar-refractivity contribution in [3.05, 3.63) is 29.3 Å².